The maximum Gasteiger partial charge on any atom is 0.0205 e. The van der Waals surface area contributed by atoms with Gasteiger partial charge in [0, 0.05) is 5.54 Å². The molecule has 1 nitrogen and oxygen atoms in total. The summed E-state index contributed by atoms with van der Waals surface area (Å²) in [6.45, 7) is 6.01. The predicted octanol–water partition coefficient (Wildman–Crippen LogP) is 2.95. The third kappa shape index (κ3) is 2.07. The molecule has 0 bridgehead atoms. The molecule has 0 aromatic carbocycles. The molecule has 13 heavy (non-hydrogen) atoms. The lowest BCUT2D eigenvalue weighted by Gasteiger charge is -2.34. The van der Waals surface area contributed by atoms with Gasteiger partial charge in [0.15, 0.2) is 0 Å². The van der Waals surface area contributed by atoms with Gasteiger partial charge in [-0.1, -0.05) is 26.7 Å². The topological polar surface area (TPSA) is 12.0 Å². The van der Waals surface area contributed by atoms with E-state index < -0.39 is 0 Å². The molecule has 0 aromatic heterocycles. The Hall–Kier alpha value is -0.0400. The van der Waals surface area contributed by atoms with Crippen LogP contribution in [0.15, 0.2) is 0 Å². The first-order chi connectivity index (χ1) is 6.23. The van der Waals surface area contributed by atoms with Crippen LogP contribution in [0.2, 0.25) is 0 Å². The zero-order valence-electron chi connectivity index (χ0n) is 9.10. The summed E-state index contributed by atoms with van der Waals surface area (Å²) in [7, 11) is 0. The van der Waals surface area contributed by atoms with Crippen LogP contribution in [0.25, 0.3) is 0 Å². The minimum atomic E-state index is 0.516. The van der Waals surface area contributed by atoms with Crippen LogP contribution >= 0.6 is 0 Å². The summed E-state index contributed by atoms with van der Waals surface area (Å²) in [6.07, 6.45) is 8.73. The van der Waals surface area contributed by atoms with E-state index in [-0.39, 0.29) is 0 Å². The molecule has 2 aliphatic rings. The first-order valence-corrected chi connectivity index (χ1v) is 5.98. The standard InChI is InChI=1S/C12H23N/c1-10(2)12(7-3-9-13-12)8-6-11-4-5-11/h10-11,13H,3-9H2,1-2H3. The van der Waals surface area contributed by atoms with Gasteiger partial charge < -0.3 is 5.32 Å². The molecule has 0 aromatic rings. The van der Waals surface area contributed by atoms with Crippen LogP contribution in [-0.2, 0) is 0 Å². The molecule has 0 radical (unpaired) electrons. The second kappa shape index (κ2) is 3.61. The monoisotopic (exact) mass is 181 g/mol. The number of hydrogen-bond donors (Lipinski definition) is 1. The SMILES string of the molecule is CC(C)C1(CCC2CC2)CCCN1. The average Bonchev–Trinajstić information content (AvgIpc) is 2.80. The molecule has 2 fully saturated rings. The summed E-state index contributed by atoms with van der Waals surface area (Å²) < 4.78 is 0. The highest BCUT2D eigenvalue weighted by Gasteiger charge is 2.37. The van der Waals surface area contributed by atoms with E-state index >= 15 is 0 Å². The fourth-order valence-corrected chi connectivity index (χ4v) is 2.69. The Labute approximate surface area is 82.3 Å². The fourth-order valence-electron chi connectivity index (χ4n) is 2.69. The highest BCUT2D eigenvalue weighted by atomic mass is 15.0. The third-order valence-electron chi connectivity index (χ3n) is 4.08. The highest BCUT2D eigenvalue weighted by molar-refractivity contribution is 4.96. The van der Waals surface area contributed by atoms with Crippen LogP contribution in [0.3, 0.4) is 0 Å². The largest absolute Gasteiger partial charge is 0.311 e. The Morgan fingerprint density at radius 3 is 2.62 bits per heavy atom. The average molecular weight is 181 g/mol. The highest BCUT2D eigenvalue weighted by Crippen LogP contribution is 2.39. The van der Waals surface area contributed by atoms with Gasteiger partial charge in [0.05, 0.1) is 0 Å². The third-order valence-corrected chi connectivity index (χ3v) is 4.08. The molecular weight excluding hydrogens is 158 g/mol. The first kappa shape index (κ1) is 9.51. The Morgan fingerprint density at radius 2 is 2.15 bits per heavy atom. The van der Waals surface area contributed by atoms with Crippen LogP contribution in [-0.4, -0.2) is 12.1 Å². The van der Waals surface area contributed by atoms with Crippen LogP contribution in [0, 0.1) is 11.8 Å². The van der Waals surface area contributed by atoms with Crippen molar-refractivity contribution in [2.24, 2.45) is 11.8 Å². The number of hydrogen-bond acceptors (Lipinski definition) is 1. The zero-order chi connectivity index (χ0) is 9.31. The Bertz CT molecular complexity index is 164. The molecule has 1 saturated heterocycles. The summed E-state index contributed by atoms with van der Waals surface area (Å²) in [4.78, 5) is 0. The van der Waals surface area contributed by atoms with E-state index in [4.69, 9.17) is 0 Å². The molecule has 1 heterocycles. The molecule has 0 amide bonds. The second-order valence-electron chi connectivity index (χ2n) is 5.32. The van der Waals surface area contributed by atoms with Crippen molar-refractivity contribution < 1.29 is 0 Å². The van der Waals surface area contributed by atoms with E-state index in [1.54, 1.807) is 0 Å². The summed E-state index contributed by atoms with van der Waals surface area (Å²) in [6, 6.07) is 0. The van der Waals surface area contributed by atoms with Crippen molar-refractivity contribution in [3.63, 3.8) is 0 Å². The van der Waals surface area contributed by atoms with E-state index in [0.29, 0.717) is 5.54 Å². The molecule has 1 aliphatic carbocycles. The van der Waals surface area contributed by atoms with Crippen molar-refractivity contribution in [3.8, 4) is 0 Å². The summed E-state index contributed by atoms with van der Waals surface area (Å²) in [5.74, 6) is 1.91. The van der Waals surface area contributed by atoms with Gasteiger partial charge in [-0.2, -0.15) is 0 Å². The maximum atomic E-state index is 3.75. The molecule has 1 atom stereocenters. The van der Waals surface area contributed by atoms with Gasteiger partial charge >= 0.3 is 0 Å². The van der Waals surface area contributed by atoms with Crippen LogP contribution in [0.4, 0.5) is 0 Å². The molecule has 1 saturated carbocycles. The van der Waals surface area contributed by atoms with E-state index in [0.717, 1.165) is 11.8 Å². The minimum absolute atomic E-state index is 0.516. The summed E-state index contributed by atoms with van der Waals surface area (Å²) in [5.41, 5.74) is 0.516. The zero-order valence-corrected chi connectivity index (χ0v) is 9.10. The van der Waals surface area contributed by atoms with Crippen LogP contribution < -0.4 is 5.32 Å². The Balaban J connectivity index is 1.87. The lowest BCUT2D eigenvalue weighted by molar-refractivity contribution is 0.242. The van der Waals surface area contributed by atoms with Gasteiger partial charge in [-0.3, -0.25) is 0 Å². The maximum absolute atomic E-state index is 3.75. The van der Waals surface area contributed by atoms with Gasteiger partial charge in [-0.15, -0.1) is 0 Å². The van der Waals surface area contributed by atoms with E-state index in [2.05, 4.69) is 19.2 Å². The summed E-state index contributed by atoms with van der Waals surface area (Å²) in [5, 5.41) is 3.75. The van der Waals surface area contributed by atoms with Crippen molar-refractivity contribution >= 4 is 0 Å². The Morgan fingerprint density at radius 1 is 1.38 bits per heavy atom. The number of nitrogens with one attached hydrogen (secondary N) is 1. The fraction of sp³-hybridized carbons (Fsp3) is 1.00. The number of rotatable bonds is 4. The lowest BCUT2D eigenvalue weighted by Crippen LogP contribution is -2.44. The van der Waals surface area contributed by atoms with Crippen LogP contribution in [0.1, 0.15) is 52.4 Å². The van der Waals surface area contributed by atoms with E-state index in [9.17, 15) is 0 Å². The smallest absolute Gasteiger partial charge is 0.0205 e. The lowest BCUT2D eigenvalue weighted by atomic mass is 9.80. The predicted molar refractivity (Wildman–Crippen MR) is 56.8 cm³/mol. The van der Waals surface area contributed by atoms with Crippen molar-refractivity contribution in [1.82, 2.24) is 5.32 Å². The van der Waals surface area contributed by atoms with Crippen molar-refractivity contribution in [2.75, 3.05) is 6.54 Å². The molecular formula is C12H23N. The molecule has 76 valence electrons. The second-order valence-corrected chi connectivity index (χ2v) is 5.32. The molecule has 0 spiro atoms. The molecule has 2 rings (SSSR count). The quantitative estimate of drug-likeness (QED) is 0.703. The van der Waals surface area contributed by atoms with Gasteiger partial charge in [0.25, 0.3) is 0 Å². The van der Waals surface area contributed by atoms with Gasteiger partial charge in [-0.05, 0) is 44.1 Å². The van der Waals surface area contributed by atoms with Gasteiger partial charge in [-0.25, -0.2) is 0 Å². The summed E-state index contributed by atoms with van der Waals surface area (Å²) >= 11 is 0. The normalized spacial score (nSPS) is 34.4. The Kier molecular flexibility index (Phi) is 2.64. The molecule has 1 unspecified atom stereocenters. The van der Waals surface area contributed by atoms with Crippen LogP contribution in [0.5, 0.6) is 0 Å². The van der Waals surface area contributed by atoms with Crippen molar-refractivity contribution in [1.29, 1.82) is 0 Å². The molecule has 1 heteroatoms. The molecule has 1 N–H and O–H groups in total. The van der Waals surface area contributed by atoms with E-state index in [1.165, 1.54) is 45.1 Å². The van der Waals surface area contributed by atoms with E-state index in [1.807, 2.05) is 0 Å². The van der Waals surface area contributed by atoms with Crippen molar-refractivity contribution in [3.05, 3.63) is 0 Å². The minimum Gasteiger partial charge on any atom is -0.311 e. The first-order valence-electron chi connectivity index (χ1n) is 5.98. The van der Waals surface area contributed by atoms with Crippen molar-refractivity contribution in [2.45, 2.75) is 57.9 Å². The van der Waals surface area contributed by atoms with Gasteiger partial charge in [0.2, 0.25) is 0 Å². The van der Waals surface area contributed by atoms with Gasteiger partial charge in [0.1, 0.15) is 0 Å². The molecule has 1 aliphatic heterocycles.